The maximum atomic E-state index is 12.0. The number of aromatic nitrogens is 1. The van der Waals surface area contributed by atoms with E-state index in [0.29, 0.717) is 0 Å². The normalized spacial score (nSPS) is 11.6. The van der Waals surface area contributed by atoms with Crippen molar-refractivity contribution in [2.75, 3.05) is 7.11 Å². The highest BCUT2D eigenvalue weighted by Gasteiger charge is 2.28. The summed E-state index contributed by atoms with van der Waals surface area (Å²) in [6.45, 7) is 0. The Morgan fingerprint density at radius 1 is 1.28 bits per heavy atom. The van der Waals surface area contributed by atoms with Gasteiger partial charge in [-0.1, -0.05) is 23.4 Å². The van der Waals surface area contributed by atoms with Crippen LogP contribution in [0.25, 0.3) is 0 Å². The monoisotopic (exact) mass is 380 g/mol. The maximum absolute atomic E-state index is 12.0. The zero-order chi connectivity index (χ0) is 18.6. The molecule has 1 heterocycles. The van der Waals surface area contributed by atoms with E-state index in [-0.39, 0.29) is 26.7 Å². The summed E-state index contributed by atoms with van der Waals surface area (Å²) >= 11 is 6.80. The van der Waals surface area contributed by atoms with E-state index in [0.717, 1.165) is 11.8 Å². The van der Waals surface area contributed by atoms with Crippen molar-refractivity contribution in [3.63, 3.8) is 0 Å². The Morgan fingerprint density at radius 3 is 2.60 bits per heavy atom. The number of carboxylic acids is 1. The fourth-order valence-electron chi connectivity index (χ4n) is 2.08. The van der Waals surface area contributed by atoms with Crippen molar-refractivity contribution in [1.82, 2.24) is 4.98 Å². The molecule has 0 aliphatic rings. The first-order valence-corrected chi connectivity index (χ1v) is 8.13. The molecule has 0 radical (unpaired) electrons. The molecule has 0 aliphatic heterocycles. The van der Waals surface area contributed by atoms with Gasteiger partial charge in [-0.3, -0.25) is 4.79 Å². The van der Waals surface area contributed by atoms with E-state index in [4.69, 9.17) is 22.1 Å². The molecular formula is C16H13ClN2O5S. The number of carbonyl (C=O) groups excluding carboxylic acids is 2. The van der Waals surface area contributed by atoms with E-state index < -0.39 is 23.1 Å². The predicted molar refractivity (Wildman–Crippen MR) is 91.8 cm³/mol. The van der Waals surface area contributed by atoms with Crippen LogP contribution in [0.5, 0.6) is 0 Å². The number of hydrogen-bond donors (Lipinski definition) is 2. The topological polar surface area (TPSA) is 120 Å². The molecule has 2 aromatic rings. The molecule has 0 spiro atoms. The summed E-state index contributed by atoms with van der Waals surface area (Å²) in [5.41, 5.74) is 5.72. The molecule has 2 rings (SSSR count). The van der Waals surface area contributed by atoms with Gasteiger partial charge in [0, 0.05) is 11.2 Å². The summed E-state index contributed by atoms with van der Waals surface area (Å²) in [5.74, 6) is -2.64. The van der Waals surface area contributed by atoms with Crippen molar-refractivity contribution in [2.24, 2.45) is 5.73 Å². The lowest BCUT2D eigenvalue weighted by Crippen LogP contribution is -2.22. The first-order chi connectivity index (χ1) is 11.8. The summed E-state index contributed by atoms with van der Waals surface area (Å²) in [7, 11) is 1.20. The number of carboxylic acid groups (broad SMARTS) is 1. The molecule has 0 saturated carbocycles. The average Bonchev–Trinajstić information content (AvgIpc) is 2.58. The number of primary amides is 1. The lowest BCUT2D eigenvalue weighted by molar-refractivity contribution is -0.117. The van der Waals surface area contributed by atoms with E-state index in [1.54, 1.807) is 0 Å². The molecule has 0 aliphatic carbocycles. The average molecular weight is 381 g/mol. The number of thioether (sulfide) groups is 1. The van der Waals surface area contributed by atoms with Crippen LogP contribution < -0.4 is 5.73 Å². The van der Waals surface area contributed by atoms with Crippen LogP contribution >= 0.6 is 23.4 Å². The van der Waals surface area contributed by atoms with Gasteiger partial charge in [-0.05, 0) is 35.9 Å². The second kappa shape index (κ2) is 8.00. The number of esters is 1. The summed E-state index contributed by atoms with van der Waals surface area (Å²) in [5, 5.41) is 8.54. The van der Waals surface area contributed by atoms with Crippen molar-refractivity contribution in [3.05, 3.63) is 58.2 Å². The Morgan fingerprint density at radius 2 is 2.00 bits per heavy atom. The lowest BCUT2D eigenvalue weighted by Gasteiger charge is -2.17. The number of nitrogens with zero attached hydrogens (tertiary/aromatic N) is 1. The third-order valence-electron chi connectivity index (χ3n) is 3.19. The number of methoxy groups -OCH3 is 1. The lowest BCUT2D eigenvalue weighted by atomic mass is 10.0. The van der Waals surface area contributed by atoms with Crippen LogP contribution in [0.1, 0.15) is 31.5 Å². The molecule has 130 valence electrons. The summed E-state index contributed by atoms with van der Waals surface area (Å²) in [4.78, 5) is 39.3. The third-order valence-corrected chi connectivity index (χ3v) is 4.70. The number of nitrogens with two attached hydrogens (primary N) is 1. The third kappa shape index (κ3) is 4.28. The van der Waals surface area contributed by atoms with Crippen LogP contribution in [0.3, 0.4) is 0 Å². The number of aromatic carboxylic acids is 1. The molecule has 0 bridgehead atoms. The van der Waals surface area contributed by atoms with Gasteiger partial charge < -0.3 is 15.6 Å². The zero-order valence-corrected chi connectivity index (χ0v) is 14.5. The predicted octanol–water partition coefficient (Wildman–Crippen LogP) is 2.54. The number of amides is 1. The largest absolute Gasteiger partial charge is 0.478 e. The van der Waals surface area contributed by atoms with Gasteiger partial charge >= 0.3 is 11.9 Å². The quantitative estimate of drug-likeness (QED) is 0.583. The first kappa shape index (κ1) is 18.8. The van der Waals surface area contributed by atoms with Gasteiger partial charge in [0.25, 0.3) is 0 Å². The highest BCUT2D eigenvalue weighted by atomic mass is 35.5. The van der Waals surface area contributed by atoms with Crippen LogP contribution in [0, 0.1) is 0 Å². The molecule has 9 heteroatoms. The summed E-state index contributed by atoms with van der Waals surface area (Å²) < 4.78 is 4.71. The molecule has 1 aromatic carbocycles. The van der Waals surface area contributed by atoms with Crippen molar-refractivity contribution in [1.29, 1.82) is 0 Å². The number of benzene rings is 1. The van der Waals surface area contributed by atoms with Gasteiger partial charge in [-0.25, -0.2) is 14.6 Å². The minimum absolute atomic E-state index is 0.0830. The highest BCUT2D eigenvalue weighted by molar-refractivity contribution is 8.00. The standard InChI is InChI=1S/C16H13ClN2O5S/c1-24-16(23)9-5-4-8(17)7-11(9)12(13(18)20)25-14-10(15(21)22)3-2-6-19-14/h2-7,12H,1H3,(H2,18,20)(H,21,22). The van der Waals surface area contributed by atoms with Crippen LogP contribution in [-0.2, 0) is 9.53 Å². The van der Waals surface area contributed by atoms with Crippen LogP contribution in [0.15, 0.2) is 41.6 Å². The number of pyridine rings is 1. The fraction of sp³-hybridized carbons (Fsp3) is 0.125. The van der Waals surface area contributed by atoms with Crippen LogP contribution in [-0.4, -0.2) is 35.0 Å². The van der Waals surface area contributed by atoms with E-state index in [2.05, 4.69) is 4.98 Å². The van der Waals surface area contributed by atoms with Gasteiger partial charge in [-0.15, -0.1) is 0 Å². The minimum atomic E-state index is -1.20. The Hall–Kier alpha value is -2.58. The van der Waals surface area contributed by atoms with Gasteiger partial charge in [0.2, 0.25) is 5.91 Å². The summed E-state index contributed by atoms with van der Waals surface area (Å²) in [6.07, 6.45) is 1.39. The number of halogens is 1. The number of hydrogen-bond acceptors (Lipinski definition) is 6. The zero-order valence-electron chi connectivity index (χ0n) is 12.9. The Kier molecular flexibility index (Phi) is 6.00. The molecule has 1 aromatic heterocycles. The molecule has 0 saturated heterocycles. The van der Waals surface area contributed by atoms with Gasteiger partial charge in [-0.2, -0.15) is 0 Å². The Balaban J connectivity index is 2.54. The van der Waals surface area contributed by atoms with Crippen molar-refractivity contribution in [2.45, 2.75) is 10.3 Å². The highest BCUT2D eigenvalue weighted by Crippen LogP contribution is 2.38. The van der Waals surface area contributed by atoms with Crippen molar-refractivity contribution >= 4 is 41.2 Å². The summed E-state index contributed by atoms with van der Waals surface area (Å²) in [6, 6.07) is 7.13. The smallest absolute Gasteiger partial charge is 0.338 e. The number of carbonyl (C=O) groups is 3. The molecule has 1 amide bonds. The molecule has 0 fully saturated rings. The second-order valence-electron chi connectivity index (χ2n) is 4.78. The van der Waals surface area contributed by atoms with E-state index in [1.165, 1.54) is 43.6 Å². The van der Waals surface area contributed by atoms with E-state index in [9.17, 15) is 19.5 Å². The first-order valence-electron chi connectivity index (χ1n) is 6.87. The maximum Gasteiger partial charge on any atom is 0.338 e. The fourth-order valence-corrected chi connectivity index (χ4v) is 3.33. The van der Waals surface area contributed by atoms with Crippen molar-refractivity contribution < 1.29 is 24.2 Å². The second-order valence-corrected chi connectivity index (χ2v) is 6.31. The molecule has 7 nitrogen and oxygen atoms in total. The van der Waals surface area contributed by atoms with Crippen LogP contribution in [0.4, 0.5) is 0 Å². The Labute approximate surface area is 152 Å². The number of ether oxygens (including phenoxy) is 1. The van der Waals surface area contributed by atoms with E-state index in [1.807, 2.05) is 0 Å². The van der Waals surface area contributed by atoms with Gasteiger partial charge in [0.15, 0.2) is 0 Å². The molecule has 1 atom stereocenters. The minimum Gasteiger partial charge on any atom is -0.478 e. The van der Waals surface area contributed by atoms with Crippen LogP contribution in [0.2, 0.25) is 5.02 Å². The SMILES string of the molecule is COC(=O)c1ccc(Cl)cc1C(Sc1ncccc1C(=O)O)C(N)=O. The molecule has 1 unspecified atom stereocenters. The van der Waals surface area contributed by atoms with E-state index >= 15 is 0 Å². The Bertz CT molecular complexity index is 843. The van der Waals surface area contributed by atoms with Crippen molar-refractivity contribution in [3.8, 4) is 0 Å². The molecule has 25 heavy (non-hydrogen) atoms. The number of rotatable bonds is 6. The van der Waals surface area contributed by atoms with Gasteiger partial charge in [0.1, 0.15) is 10.3 Å². The molecule has 3 N–H and O–H groups in total. The molecular weight excluding hydrogens is 368 g/mol. The van der Waals surface area contributed by atoms with Gasteiger partial charge in [0.05, 0.1) is 18.2 Å².